The van der Waals surface area contributed by atoms with Gasteiger partial charge in [0.1, 0.15) is 0 Å². The van der Waals surface area contributed by atoms with Gasteiger partial charge in [-0.3, -0.25) is 9.48 Å². The molecule has 28 heavy (non-hydrogen) atoms. The van der Waals surface area contributed by atoms with Gasteiger partial charge in [0.25, 0.3) is 0 Å². The molecule has 0 aliphatic carbocycles. The lowest BCUT2D eigenvalue weighted by atomic mass is 9.68. The molecular formula is C23H32N4O. The highest BCUT2D eigenvalue weighted by molar-refractivity contribution is 5.76. The van der Waals surface area contributed by atoms with Gasteiger partial charge < -0.3 is 9.80 Å². The van der Waals surface area contributed by atoms with E-state index < -0.39 is 0 Å². The summed E-state index contributed by atoms with van der Waals surface area (Å²) < 4.78 is 1.87. The van der Waals surface area contributed by atoms with Crippen molar-refractivity contribution in [3.8, 4) is 0 Å². The molecule has 2 fully saturated rings. The zero-order valence-corrected chi connectivity index (χ0v) is 17.2. The summed E-state index contributed by atoms with van der Waals surface area (Å²) in [5, 5.41) is 4.29. The van der Waals surface area contributed by atoms with Crippen molar-refractivity contribution < 1.29 is 4.79 Å². The van der Waals surface area contributed by atoms with E-state index >= 15 is 0 Å². The van der Waals surface area contributed by atoms with Crippen LogP contribution in [-0.2, 0) is 11.3 Å². The van der Waals surface area contributed by atoms with E-state index in [9.17, 15) is 4.79 Å². The number of piperidine rings is 2. The number of hydrogen-bond donors (Lipinski definition) is 0. The van der Waals surface area contributed by atoms with Crippen molar-refractivity contribution in [1.82, 2.24) is 19.6 Å². The first-order valence-corrected chi connectivity index (χ1v) is 10.5. The van der Waals surface area contributed by atoms with E-state index in [2.05, 4.69) is 52.3 Å². The lowest BCUT2D eigenvalue weighted by Gasteiger charge is -2.49. The SMILES string of the molecule is Cc1cnn(CCC(=O)N2CCC3(CC2)C[C@H](c2ccccc2)CN(C)C3)c1. The van der Waals surface area contributed by atoms with Crippen molar-refractivity contribution in [1.29, 1.82) is 0 Å². The molecular weight excluding hydrogens is 348 g/mol. The van der Waals surface area contributed by atoms with Gasteiger partial charge >= 0.3 is 0 Å². The third kappa shape index (κ3) is 4.30. The first-order chi connectivity index (χ1) is 13.5. The van der Waals surface area contributed by atoms with Crippen molar-refractivity contribution in [3.05, 3.63) is 53.9 Å². The Balaban J connectivity index is 1.33. The molecule has 1 aromatic carbocycles. The molecule has 0 unspecified atom stereocenters. The Kier molecular flexibility index (Phi) is 5.54. The second-order valence-electron chi connectivity index (χ2n) is 8.92. The van der Waals surface area contributed by atoms with Crippen LogP contribution in [0.5, 0.6) is 0 Å². The summed E-state index contributed by atoms with van der Waals surface area (Å²) in [6, 6.07) is 10.9. The third-order valence-corrected chi connectivity index (χ3v) is 6.58. The molecule has 2 aliphatic rings. The van der Waals surface area contributed by atoms with E-state index in [-0.39, 0.29) is 5.91 Å². The van der Waals surface area contributed by atoms with E-state index in [1.807, 2.05) is 24.0 Å². The predicted molar refractivity (Wildman–Crippen MR) is 111 cm³/mol. The Morgan fingerprint density at radius 2 is 1.96 bits per heavy atom. The summed E-state index contributed by atoms with van der Waals surface area (Å²) in [6.07, 6.45) is 7.87. The number of benzene rings is 1. The monoisotopic (exact) mass is 380 g/mol. The standard InChI is InChI=1S/C23H32N4O/c1-19-15-24-27(16-19)11-8-22(28)26-12-9-23(10-13-26)14-21(17-25(2)18-23)20-6-4-3-5-7-20/h3-7,15-16,21H,8-14,17-18H2,1-2H3/t21-/m0/s1. The summed E-state index contributed by atoms with van der Waals surface area (Å²) in [7, 11) is 2.25. The number of hydrogen-bond acceptors (Lipinski definition) is 3. The summed E-state index contributed by atoms with van der Waals surface area (Å²) >= 11 is 0. The van der Waals surface area contributed by atoms with Gasteiger partial charge in [0, 0.05) is 45.3 Å². The second kappa shape index (κ2) is 8.08. The number of aryl methyl sites for hydroxylation is 2. The predicted octanol–water partition coefficient (Wildman–Crippen LogP) is 3.31. The zero-order valence-electron chi connectivity index (χ0n) is 17.2. The zero-order chi connectivity index (χ0) is 19.6. The maximum Gasteiger partial charge on any atom is 0.224 e. The lowest BCUT2D eigenvalue weighted by molar-refractivity contribution is -0.134. The topological polar surface area (TPSA) is 41.4 Å². The molecule has 2 aromatic rings. The summed E-state index contributed by atoms with van der Waals surface area (Å²) in [5.74, 6) is 0.872. The molecule has 1 atom stereocenters. The van der Waals surface area contributed by atoms with Crippen LogP contribution in [0, 0.1) is 12.3 Å². The molecule has 5 nitrogen and oxygen atoms in total. The van der Waals surface area contributed by atoms with E-state index in [1.165, 1.54) is 12.0 Å². The van der Waals surface area contributed by atoms with Crippen molar-refractivity contribution >= 4 is 5.91 Å². The van der Waals surface area contributed by atoms with E-state index in [0.29, 0.717) is 24.3 Å². The third-order valence-electron chi connectivity index (χ3n) is 6.58. The van der Waals surface area contributed by atoms with Crippen LogP contribution in [0.25, 0.3) is 0 Å². The van der Waals surface area contributed by atoms with Crippen molar-refractivity contribution in [2.45, 2.75) is 45.1 Å². The number of carbonyl (C=O) groups is 1. The molecule has 0 radical (unpaired) electrons. The van der Waals surface area contributed by atoms with Gasteiger partial charge in [0.15, 0.2) is 0 Å². The molecule has 150 valence electrons. The number of nitrogens with zero attached hydrogens (tertiary/aromatic N) is 4. The summed E-state index contributed by atoms with van der Waals surface area (Å²) in [5.41, 5.74) is 2.95. The van der Waals surface area contributed by atoms with Crippen LogP contribution in [0.15, 0.2) is 42.7 Å². The minimum absolute atomic E-state index is 0.270. The molecule has 2 aliphatic heterocycles. The quantitative estimate of drug-likeness (QED) is 0.817. The van der Waals surface area contributed by atoms with E-state index in [0.717, 1.165) is 44.6 Å². The number of carbonyl (C=O) groups excluding carboxylic acids is 1. The highest BCUT2D eigenvalue weighted by Gasteiger charge is 2.41. The van der Waals surface area contributed by atoms with Gasteiger partial charge in [-0.15, -0.1) is 0 Å². The minimum Gasteiger partial charge on any atom is -0.343 e. The second-order valence-corrected chi connectivity index (χ2v) is 8.92. The molecule has 3 heterocycles. The average molecular weight is 381 g/mol. The smallest absolute Gasteiger partial charge is 0.224 e. The van der Waals surface area contributed by atoms with Gasteiger partial charge in [0.05, 0.1) is 6.20 Å². The molecule has 1 spiro atoms. The van der Waals surface area contributed by atoms with Crippen LogP contribution in [0.2, 0.25) is 0 Å². The first kappa shape index (κ1) is 19.2. The van der Waals surface area contributed by atoms with Gasteiger partial charge in [-0.05, 0) is 55.7 Å². The maximum absolute atomic E-state index is 12.7. The normalized spacial score (nSPS) is 22.5. The lowest BCUT2D eigenvalue weighted by Crippen LogP contribution is -2.51. The van der Waals surface area contributed by atoms with Crippen LogP contribution in [0.4, 0.5) is 0 Å². The molecule has 5 heteroatoms. The van der Waals surface area contributed by atoms with Crippen LogP contribution in [0.1, 0.15) is 42.7 Å². The fraction of sp³-hybridized carbons (Fsp3) is 0.565. The first-order valence-electron chi connectivity index (χ1n) is 10.5. The molecule has 0 bridgehead atoms. The van der Waals surface area contributed by atoms with Gasteiger partial charge in [-0.2, -0.15) is 5.10 Å². The van der Waals surface area contributed by atoms with Gasteiger partial charge in [-0.25, -0.2) is 0 Å². The van der Waals surface area contributed by atoms with Crippen molar-refractivity contribution in [3.63, 3.8) is 0 Å². The molecule has 4 rings (SSSR count). The fourth-order valence-electron chi connectivity index (χ4n) is 5.16. The Labute approximate surface area is 168 Å². The van der Waals surface area contributed by atoms with Crippen LogP contribution in [0.3, 0.4) is 0 Å². The maximum atomic E-state index is 12.7. The molecule has 1 aromatic heterocycles. The van der Waals surface area contributed by atoms with Crippen LogP contribution < -0.4 is 0 Å². The Bertz CT molecular complexity index is 792. The number of likely N-dealkylation sites (tertiary alicyclic amines) is 2. The Morgan fingerprint density at radius 1 is 1.21 bits per heavy atom. The summed E-state index contributed by atoms with van der Waals surface area (Å²) in [6.45, 7) is 6.79. The van der Waals surface area contributed by atoms with Crippen LogP contribution >= 0.6 is 0 Å². The largest absolute Gasteiger partial charge is 0.343 e. The van der Waals surface area contributed by atoms with E-state index in [1.54, 1.807) is 0 Å². The molecule has 0 saturated carbocycles. The molecule has 0 N–H and O–H groups in total. The van der Waals surface area contributed by atoms with Crippen molar-refractivity contribution in [2.75, 3.05) is 33.2 Å². The minimum atomic E-state index is 0.270. The number of likely N-dealkylation sites (N-methyl/N-ethyl adjacent to an activating group) is 1. The molecule has 1 amide bonds. The van der Waals surface area contributed by atoms with Crippen LogP contribution in [-0.4, -0.2) is 58.7 Å². The molecule has 2 saturated heterocycles. The summed E-state index contributed by atoms with van der Waals surface area (Å²) in [4.78, 5) is 17.2. The average Bonchev–Trinajstić information content (AvgIpc) is 3.12. The number of aromatic nitrogens is 2. The van der Waals surface area contributed by atoms with Gasteiger partial charge in [-0.1, -0.05) is 30.3 Å². The Morgan fingerprint density at radius 3 is 2.64 bits per heavy atom. The van der Waals surface area contributed by atoms with Crippen molar-refractivity contribution in [2.24, 2.45) is 5.41 Å². The Hall–Kier alpha value is -2.14. The van der Waals surface area contributed by atoms with E-state index in [4.69, 9.17) is 0 Å². The highest BCUT2D eigenvalue weighted by atomic mass is 16.2. The highest BCUT2D eigenvalue weighted by Crippen LogP contribution is 2.44. The number of amides is 1. The van der Waals surface area contributed by atoms with Gasteiger partial charge in [0.2, 0.25) is 5.91 Å². The fourth-order valence-corrected chi connectivity index (χ4v) is 5.16. The number of rotatable bonds is 4.